The van der Waals surface area contributed by atoms with E-state index in [-0.39, 0.29) is 11.9 Å². The fourth-order valence-electron chi connectivity index (χ4n) is 2.84. The molecule has 0 fully saturated rings. The van der Waals surface area contributed by atoms with Crippen molar-refractivity contribution in [2.75, 3.05) is 13.2 Å². The summed E-state index contributed by atoms with van der Waals surface area (Å²) >= 11 is 0. The lowest BCUT2D eigenvalue weighted by Gasteiger charge is -2.18. The first kappa shape index (κ1) is 19.0. The second-order valence-electron chi connectivity index (χ2n) is 6.10. The molecule has 0 aliphatic rings. The molecule has 0 saturated carbocycles. The molecule has 0 bridgehead atoms. The van der Waals surface area contributed by atoms with E-state index < -0.39 is 0 Å². The Morgan fingerprint density at radius 1 is 0.920 bits per heavy atom. The molecule has 134 valence electrons. The highest BCUT2D eigenvalue weighted by molar-refractivity contribution is 5.71. The van der Waals surface area contributed by atoms with Crippen LogP contribution in [0.3, 0.4) is 0 Å². The minimum Gasteiger partial charge on any atom is -0.494 e. The first-order valence-electron chi connectivity index (χ1n) is 9.18. The topological polar surface area (TPSA) is 35.5 Å². The Kier molecular flexibility index (Phi) is 8.03. The predicted octanol–water partition coefficient (Wildman–Crippen LogP) is 5.34. The van der Waals surface area contributed by atoms with Crippen LogP contribution in [0.25, 0.3) is 0 Å². The molecule has 3 nitrogen and oxygen atoms in total. The van der Waals surface area contributed by atoms with Crippen LogP contribution in [-0.2, 0) is 9.53 Å². The van der Waals surface area contributed by atoms with Gasteiger partial charge in [-0.3, -0.25) is 4.79 Å². The van der Waals surface area contributed by atoms with Crippen molar-refractivity contribution in [2.45, 2.75) is 45.4 Å². The first-order chi connectivity index (χ1) is 12.2. The zero-order chi connectivity index (χ0) is 17.9. The molecule has 0 aromatic heterocycles. The molecular weight excluding hydrogens is 312 g/mol. The minimum absolute atomic E-state index is 0.00519. The number of unbranched alkanes of at least 4 members (excludes halogenated alkanes) is 2. The average molecular weight is 340 g/mol. The van der Waals surface area contributed by atoms with Crippen LogP contribution < -0.4 is 4.74 Å². The van der Waals surface area contributed by atoms with Gasteiger partial charge in [0.05, 0.1) is 19.6 Å². The Balaban J connectivity index is 2.10. The maximum Gasteiger partial charge on any atom is 0.306 e. The zero-order valence-corrected chi connectivity index (χ0v) is 15.2. The van der Waals surface area contributed by atoms with Crippen molar-refractivity contribution in [1.29, 1.82) is 0 Å². The summed E-state index contributed by atoms with van der Waals surface area (Å²) in [6.45, 7) is 5.17. The largest absolute Gasteiger partial charge is 0.494 e. The molecule has 0 heterocycles. The molecule has 0 spiro atoms. The van der Waals surface area contributed by atoms with E-state index in [0.29, 0.717) is 13.0 Å². The molecule has 1 unspecified atom stereocenters. The van der Waals surface area contributed by atoms with Crippen LogP contribution >= 0.6 is 0 Å². The molecule has 1 atom stereocenters. The molecule has 2 aromatic carbocycles. The van der Waals surface area contributed by atoms with E-state index >= 15 is 0 Å². The summed E-state index contributed by atoms with van der Waals surface area (Å²) < 4.78 is 10.9. The third-order valence-electron chi connectivity index (χ3n) is 4.18. The normalized spacial score (nSPS) is 11.8. The van der Waals surface area contributed by atoms with Gasteiger partial charge in [-0.2, -0.15) is 0 Å². The summed E-state index contributed by atoms with van der Waals surface area (Å²) in [6, 6.07) is 18.2. The van der Waals surface area contributed by atoms with Crippen LogP contribution in [0.4, 0.5) is 0 Å². The quantitative estimate of drug-likeness (QED) is 0.432. The molecular formula is C22H28O3. The van der Waals surface area contributed by atoms with Crippen LogP contribution in [0.1, 0.15) is 56.6 Å². The molecule has 0 N–H and O–H groups in total. The van der Waals surface area contributed by atoms with Crippen molar-refractivity contribution in [1.82, 2.24) is 0 Å². The van der Waals surface area contributed by atoms with Crippen molar-refractivity contribution < 1.29 is 14.3 Å². The number of esters is 1. The molecule has 25 heavy (non-hydrogen) atoms. The number of carbonyl (C=O) groups is 1. The highest BCUT2D eigenvalue weighted by atomic mass is 16.5. The molecule has 3 heteroatoms. The monoisotopic (exact) mass is 340 g/mol. The number of hydrogen-bond donors (Lipinski definition) is 0. The van der Waals surface area contributed by atoms with E-state index in [2.05, 4.69) is 19.1 Å². The summed E-state index contributed by atoms with van der Waals surface area (Å²) in [6.07, 6.45) is 3.80. The van der Waals surface area contributed by atoms with Crippen LogP contribution in [-0.4, -0.2) is 19.2 Å². The summed E-state index contributed by atoms with van der Waals surface area (Å²) in [5.41, 5.74) is 2.22. The van der Waals surface area contributed by atoms with Gasteiger partial charge in [0.25, 0.3) is 0 Å². The lowest BCUT2D eigenvalue weighted by atomic mass is 9.88. The highest BCUT2D eigenvalue weighted by Crippen LogP contribution is 2.29. The van der Waals surface area contributed by atoms with Crippen molar-refractivity contribution in [3.8, 4) is 5.75 Å². The van der Waals surface area contributed by atoms with Crippen LogP contribution in [0.15, 0.2) is 54.6 Å². The number of ether oxygens (including phenoxy) is 2. The minimum atomic E-state index is -0.170. The molecule has 0 radical (unpaired) electrons. The Morgan fingerprint density at radius 3 is 2.24 bits per heavy atom. The second-order valence-corrected chi connectivity index (χ2v) is 6.10. The lowest BCUT2D eigenvalue weighted by Crippen LogP contribution is -2.11. The van der Waals surface area contributed by atoms with Gasteiger partial charge < -0.3 is 9.47 Å². The number of rotatable bonds is 10. The van der Waals surface area contributed by atoms with Gasteiger partial charge in [0, 0.05) is 5.92 Å². The Hall–Kier alpha value is -2.29. The lowest BCUT2D eigenvalue weighted by molar-refractivity contribution is -0.143. The smallest absolute Gasteiger partial charge is 0.306 e. The van der Waals surface area contributed by atoms with E-state index in [9.17, 15) is 4.79 Å². The van der Waals surface area contributed by atoms with Crippen molar-refractivity contribution in [2.24, 2.45) is 0 Å². The predicted molar refractivity (Wildman–Crippen MR) is 101 cm³/mol. The maximum absolute atomic E-state index is 12.0. The van der Waals surface area contributed by atoms with Gasteiger partial charge in [-0.1, -0.05) is 62.2 Å². The van der Waals surface area contributed by atoms with Crippen LogP contribution in [0.5, 0.6) is 5.75 Å². The average Bonchev–Trinajstić information content (AvgIpc) is 2.65. The summed E-state index contributed by atoms with van der Waals surface area (Å²) in [5.74, 6) is 0.702. The Labute approximate surface area is 151 Å². The van der Waals surface area contributed by atoms with Gasteiger partial charge in [-0.25, -0.2) is 0 Å². The molecule has 2 rings (SSSR count). The van der Waals surface area contributed by atoms with Gasteiger partial charge >= 0.3 is 5.97 Å². The summed E-state index contributed by atoms with van der Waals surface area (Å²) in [4.78, 5) is 12.0. The molecule has 2 aromatic rings. The van der Waals surface area contributed by atoms with E-state index in [4.69, 9.17) is 9.47 Å². The highest BCUT2D eigenvalue weighted by Gasteiger charge is 2.19. The first-order valence-corrected chi connectivity index (χ1v) is 9.18. The van der Waals surface area contributed by atoms with E-state index in [1.807, 2.05) is 49.4 Å². The number of benzene rings is 2. The van der Waals surface area contributed by atoms with E-state index in [1.54, 1.807) is 0 Å². The zero-order valence-electron chi connectivity index (χ0n) is 15.2. The maximum atomic E-state index is 12.0. The third kappa shape index (κ3) is 6.26. The molecule has 0 saturated heterocycles. The van der Waals surface area contributed by atoms with Gasteiger partial charge in [0.2, 0.25) is 0 Å². The number of hydrogen-bond acceptors (Lipinski definition) is 3. The fraction of sp³-hybridized carbons (Fsp3) is 0.409. The van der Waals surface area contributed by atoms with Crippen molar-refractivity contribution in [3.63, 3.8) is 0 Å². The van der Waals surface area contributed by atoms with Gasteiger partial charge in [0.15, 0.2) is 0 Å². The van der Waals surface area contributed by atoms with Crippen LogP contribution in [0, 0.1) is 0 Å². The Bertz CT molecular complexity index is 619. The van der Waals surface area contributed by atoms with E-state index in [1.165, 1.54) is 12.8 Å². The van der Waals surface area contributed by atoms with Gasteiger partial charge in [-0.15, -0.1) is 0 Å². The third-order valence-corrected chi connectivity index (χ3v) is 4.18. The van der Waals surface area contributed by atoms with Crippen LogP contribution in [0.2, 0.25) is 0 Å². The van der Waals surface area contributed by atoms with E-state index in [0.717, 1.165) is 29.9 Å². The van der Waals surface area contributed by atoms with Crippen molar-refractivity contribution >= 4 is 5.97 Å². The Morgan fingerprint density at radius 2 is 1.60 bits per heavy atom. The second kappa shape index (κ2) is 10.5. The molecule has 0 aliphatic heterocycles. The van der Waals surface area contributed by atoms with Crippen molar-refractivity contribution in [3.05, 3.63) is 65.7 Å². The number of carbonyl (C=O) groups excluding carboxylic acids is 1. The molecule has 0 aliphatic carbocycles. The summed E-state index contributed by atoms with van der Waals surface area (Å²) in [5, 5.41) is 0. The van der Waals surface area contributed by atoms with Gasteiger partial charge in [0.1, 0.15) is 5.75 Å². The summed E-state index contributed by atoms with van der Waals surface area (Å²) in [7, 11) is 0. The fourth-order valence-corrected chi connectivity index (χ4v) is 2.84. The SMILES string of the molecule is CCCCCOc1ccc(C(CC(=O)OCC)c2ccccc2)cc1. The standard InChI is InChI=1S/C22H28O3/c1-3-5-9-16-25-20-14-12-19(13-15-20)21(17-22(23)24-4-2)18-10-7-6-8-11-18/h6-8,10-15,21H,3-5,9,16-17H2,1-2H3. The molecule has 0 amide bonds. The van der Waals surface area contributed by atoms with Gasteiger partial charge in [-0.05, 0) is 36.6 Å².